The van der Waals surface area contributed by atoms with Crippen molar-refractivity contribution in [3.63, 3.8) is 0 Å². The van der Waals surface area contributed by atoms with E-state index < -0.39 is 11.7 Å². The lowest BCUT2D eigenvalue weighted by molar-refractivity contribution is 0.102. The Morgan fingerprint density at radius 1 is 1.28 bits per heavy atom. The number of nitrogens with two attached hydrogens (primary N) is 1. The van der Waals surface area contributed by atoms with Gasteiger partial charge in [-0.1, -0.05) is 6.07 Å². The average molecular weight is 247 g/mol. The summed E-state index contributed by atoms with van der Waals surface area (Å²) in [5, 5.41) is 2.50. The van der Waals surface area contributed by atoms with Crippen LogP contribution < -0.4 is 16.6 Å². The number of benzene rings is 1. The van der Waals surface area contributed by atoms with Gasteiger partial charge in [0, 0.05) is 11.8 Å². The summed E-state index contributed by atoms with van der Waals surface area (Å²) in [5.41, 5.74) is 5.41. The maximum Gasteiger partial charge on any atom is 0.272 e. The summed E-state index contributed by atoms with van der Waals surface area (Å²) in [7, 11) is 0. The maximum absolute atomic E-state index is 12.9. The fourth-order valence-corrected chi connectivity index (χ4v) is 1.40. The Balaban J connectivity index is 2.21. The zero-order chi connectivity index (χ0) is 13.1. The van der Waals surface area contributed by atoms with Crippen LogP contribution in [0.25, 0.3) is 0 Å². The number of carbonyl (C=O) groups excluding carboxylic acids is 1. The molecule has 0 aliphatic carbocycles. The maximum atomic E-state index is 12.9. The van der Waals surface area contributed by atoms with Gasteiger partial charge >= 0.3 is 0 Å². The number of nitrogen functional groups attached to an aromatic ring is 1. The Hall–Kier alpha value is -2.63. The van der Waals surface area contributed by atoms with Gasteiger partial charge < -0.3 is 16.0 Å². The molecule has 0 radical (unpaired) electrons. The van der Waals surface area contributed by atoms with Crippen molar-refractivity contribution < 1.29 is 9.18 Å². The van der Waals surface area contributed by atoms with Gasteiger partial charge in [0.05, 0.1) is 5.69 Å². The van der Waals surface area contributed by atoms with Gasteiger partial charge in [-0.2, -0.15) is 0 Å². The van der Waals surface area contributed by atoms with Crippen molar-refractivity contribution in [2.45, 2.75) is 0 Å². The summed E-state index contributed by atoms with van der Waals surface area (Å²) in [5.74, 6) is -1.06. The van der Waals surface area contributed by atoms with Crippen molar-refractivity contribution >= 4 is 17.3 Å². The minimum absolute atomic E-state index is 0.0608. The first-order valence-corrected chi connectivity index (χ1v) is 5.12. The van der Waals surface area contributed by atoms with E-state index in [4.69, 9.17) is 5.73 Å². The largest absolute Gasteiger partial charge is 0.396 e. The lowest BCUT2D eigenvalue weighted by Gasteiger charge is -2.06. The summed E-state index contributed by atoms with van der Waals surface area (Å²) < 4.78 is 12.9. The SMILES string of the molecule is Nc1cc(NC(=O)c2cccc(=O)[nH]2)ccc1F. The number of anilines is 2. The lowest BCUT2D eigenvalue weighted by atomic mass is 10.2. The highest BCUT2D eigenvalue weighted by atomic mass is 19.1. The van der Waals surface area contributed by atoms with Gasteiger partial charge in [-0.25, -0.2) is 4.39 Å². The zero-order valence-electron chi connectivity index (χ0n) is 9.24. The van der Waals surface area contributed by atoms with Crippen LogP contribution in [-0.2, 0) is 0 Å². The summed E-state index contributed by atoms with van der Waals surface area (Å²) in [6, 6.07) is 8.06. The summed E-state index contributed by atoms with van der Waals surface area (Å²) in [4.78, 5) is 25.2. The Morgan fingerprint density at radius 2 is 2.06 bits per heavy atom. The van der Waals surface area contributed by atoms with Crippen molar-refractivity contribution in [1.29, 1.82) is 0 Å². The van der Waals surface area contributed by atoms with Gasteiger partial charge in [0.25, 0.3) is 5.91 Å². The van der Waals surface area contributed by atoms with Crippen LogP contribution in [0.5, 0.6) is 0 Å². The first-order chi connectivity index (χ1) is 8.56. The molecule has 6 heteroatoms. The molecule has 1 heterocycles. The van der Waals surface area contributed by atoms with Crippen LogP contribution in [0.4, 0.5) is 15.8 Å². The Morgan fingerprint density at radius 3 is 2.72 bits per heavy atom. The number of pyridine rings is 1. The molecule has 2 aromatic rings. The predicted octanol–water partition coefficient (Wildman–Crippen LogP) is 1.35. The topological polar surface area (TPSA) is 88.0 Å². The average Bonchev–Trinajstić information content (AvgIpc) is 2.34. The number of carbonyl (C=O) groups is 1. The molecule has 0 saturated heterocycles. The van der Waals surface area contributed by atoms with Crippen LogP contribution in [0.1, 0.15) is 10.5 Å². The normalized spacial score (nSPS) is 10.1. The van der Waals surface area contributed by atoms with E-state index in [1.54, 1.807) is 0 Å². The van der Waals surface area contributed by atoms with E-state index in [0.717, 1.165) is 6.07 Å². The molecule has 4 N–H and O–H groups in total. The molecule has 0 spiro atoms. The quantitative estimate of drug-likeness (QED) is 0.700. The van der Waals surface area contributed by atoms with Crippen molar-refractivity contribution in [1.82, 2.24) is 4.98 Å². The van der Waals surface area contributed by atoms with Crippen LogP contribution in [0.3, 0.4) is 0 Å². The van der Waals surface area contributed by atoms with Crippen LogP contribution in [-0.4, -0.2) is 10.9 Å². The second-order valence-corrected chi connectivity index (χ2v) is 3.62. The molecule has 0 saturated carbocycles. The van der Waals surface area contributed by atoms with E-state index >= 15 is 0 Å². The molecule has 0 aliphatic rings. The van der Waals surface area contributed by atoms with Gasteiger partial charge in [-0.3, -0.25) is 9.59 Å². The number of amides is 1. The molecule has 1 aromatic carbocycles. The Kier molecular flexibility index (Phi) is 3.09. The van der Waals surface area contributed by atoms with Crippen molar-refractivity contribution in [2.24, 2.45) is 0 Å². The van der Waals surface area contributed by atoms with E-state index in [-0.39, 0.29) is 16.9 Å². The van der Waals surface area contributed by atoms with Gasteiger partial charge in [0.15, 0.2) is 0 Å². The Labute approximate surface area is 101 Å². The number of hydrogen-bond donors (Lipinski definition) is 3. The molecule has 5 nitrogen and oxygen atoms in total. The van der Waals surface area contributed by atoms with E-state index in [2.05, 4.69) is 10.3 Å². The Bertz CT molecular complexity index is 652. The van der Waals surface area contributed by atoms with E-state index in [9.17, 15) is 14.0 Å². The molecule has 0 bridgehead atoms. The molecule has 18 heavy (non-hydrogen) atoms. The molecular formula is C12H10FN3O2. The predicted molar refractivity (Wildman–Crippen MR) is 65.8 cm³/mol. The number of nitrogens with one attached hydrogen (secondary N) is 2. The van der Waals surface area contributed by atoms with Crippen LogP contribution in [0.2, 0.25) is 0 Å². The van der Waals surface area contributed by atoms with E-state index in [0.29, 0.717) is 5.69 Å². The molecule has 0 fully saturated rings. The van der Waals surface area contributed by atoms with Crippen LogP contribution in [0, 0.1) is 5.82 Å². The fraction of sp³-hybridized carbons (Fsp3) is 0. The minimum Gasteiger partial charge on any atom is -0.396 e. The lowest BCUT2D eigenvalue weighted by Crippen LogP contribution is -2.18. The van der Waals surface area contributed by atoms with Crippen LogP contribution in [0.15, 0.2) is 41.2 Å². The number of halogens is 1. The number of aromatic amines is 1. The van der Waals surface area contributed by atoms with Gasteiger partial charge in [-0.15, -0.1) is 0 Å². The number of hydrogen-bond acceptors (Lipinski definition) is 3. The fourth-order valence-electron chi connectivity index (χ4n) is 1.40. The highest BCUT2D eigenvalue weighted by Crippen LogP contribution is 2.16. The minimum atomic E-state index is -0.555. The van der Waals surface area contributed by atoms with E-state index in [1.165, 1.54) is 30.3 Å². The molecule has 2 rings (SSSR count). The van der Waals surface area contributed by atoms with Crippen molar-refractivity contribution in [3.05, 3.63) is 58.3 Å². The molecular weight excluding hydrogens is 237 g/mol. The first-order valence-electron chi connectivity index (χ1n) is 5.12. The highest BCUT2D eigenvalue weighted by Gasteiger charge is 2.07. The molecule has 0 aliphatic heterocycles. The first kappa shape index (κ1) is 11.8. The number of aromatic nitrogens is 1. The summed E-state index contributed by atoms with van der Waals surface area (Å²) >= 11 is 0. The molecule has 92 valence electrons. The van der Waals surface area contributed by atoms with Crippen molar-refractivity contribution in [2.75, 3.05) is 11.1 Å². The third-order valence-electron chi connectivity index (χ3n) is 2.27. The number of rotatable bonds is 2. The third-order valence-corrected chi connectivity index (χ3v) is 2.27. The summed E-state index contributed by atoms with van der Waals surface area (Å²) in [6.45, 7) is 0. The number of H-pyrrole nitrogens is 1. The molecule has 1 amide bonds. The van der Waals surface area contributed by atoms with E-state index in [1.807, 2.05) is 0 Å². The van der Waals surface area contributed by atoms with Gasteiger partial charge in [-0.05, 0) is 24.3 Å². The van der Waals surface area contributed by atoms with Crippen LogP contribution >= 0.6 is 0 Å². The zero-order valence-corrected chi connectivity index (χ0v) is 9.24. The van der Waals surface area contributed by atoms with Crippen molar-refractivity contribution in [3.8, 4) is 0 Å². The summed E-state index contributed by atoms with van der Waals surface area (Å²) in [6.07, 6.45) is 0. The monoisotopic (exact) mass is 247 g/mol. The molecule has 0 unspecified atom stereocenters. The molecule has 0 atom stereocenters. The molecule has 1 aromatic heterocycles. The second-order valence-electron chi connectivity index (χ2n) is 3.62. The smallest absolute Gasteiger partial charge is 0.272 e. The standard InChI is InChI=1S/C12H10FN3O2/c13-8-5-4-7(6-9(8)14)15-12(18)10-2-1-3-11(17)16-10/h1-6H,14H2,(H,15,18)(H,16,17). The second kappa shape index (κ2) is 4.70. The van der Waals surface area contributed by atoms with Gasteiger partial charge in [0.2, 0.25) is 5.56 Å². The highest BCUT2D eigenvalue weighted by molar-refractivity contribution is 6.02. The third kappa shape index (κ3) is 2.54. The van der Waals surface area contributed by atoms with Gasteiger partial charge in [0.1, 0.15) is 11.5 Å².